The maximum atomic E-state index is 12.3. The molecule has 118 valence electrons. The summed E-state index contributed by atoms with van der Waals surface area (Å²) >= 11 is 1.74. The molecular formula is C16H27N3OS. The van der Waals surface area contributed by atoms with Crippen LogP contribution in [-0.2, 0) is 11.3 Å². The summed E-state index contributed by atoms with van der Waals surface area (Å²) in [5, 5.41) is 4.54. The van der Waals surface area contributed by atoms with Crippen LogP contribution in [0.2, 0.25) is 0 Å². The molecule has 0 bridgehead atoms. The number of aromatic nitrogens is 1. The first-order chi connectivity index (χ1) is 10.1. The average Bonchev–Trinajstić information content (AvgIpc) is 2.68. The highest BCUT2D eigenvalue weighted by atomic mass is 32.1. The molecule has 21 heavy (non-hydrogen) atoms. The zero-order chi connectivity index (χ0) is 15.2. The second-order valence-corrected chi connectivity index (χ2v) is 7.32. The third kappa shape index (κ3) is 5.08. The largest absolute Gasteiger partial charge is 0.343 e. The van der Waals surface area contributed by atoms with Crippen LogP contribution in [0.15, 0.2) is 0 Å². The average molecular weight is 309 g/mol. The van der Waals surface area contributed by atoms with Gasteiger partial charge in [-0.05, 0) is 33.6 Å². The fourth-order valence-corrected chi connectivity index (χ4v) is 3.54. The number of hydrogen-bond donors (Lipinski definition) is 1. The van der Waals surface area contributed by atoms with Crippen LogP contribution in [0.4, 0.5) is 0 Å². The van der Waals surface area contributed by atoms with Crippen molar-refractivity contribution in [3.63, 3.8) is 0 Å². The molecule has 1 aromatic heterocycles. The van der Waals surface area contributed by atoms with Gasteiger partial charge in [-0.1, -0.05) is 12.8 Å². The van der Waals surface area contributed by atoms with Crippen molar-refractivity contribution in [3.05, 3.63) is 15.6 Å². The van der Waals surface area contributed by atoms with Gasteiger partial charge in [0, 0.05) is 37.0 Å². The van der Waals surface area contributed by atoms with Crippen LogP contribution >= 0.6 is 11.3 Å². The number of carbonyl (C=O) groups is 1. The van der Waals surface area contributed by atoms with Gasteiger partial charge in [-0.25, -0.2) is 4.98 Å². The molecule has 0 radical (unpaired) electrons. The number of thiazole rings is 1. The number of nitrogens with zero attached hydrogens (tertiary/aromatic N) is 2. The maximum Gasteiger partial charge on any atom is 0.224 e. The van der Waals surface area contributed by atoms with Crippen molar-refractivity contribution in [2.75, 3.05) is 13.1 Å². The van der Waals surface area contributed by atoms with Crippen LogP contribution in [0.3, 0.4) is 0 Å². The Balaban J connectivity index is 1.75. The van der Waals surface area contributed by atoms with Crippen molar-refractivity contribution >= 4 is 17.2 Å². The lowest BCUT2D eigenvalue weighted by Crippen LogP contribution is -2.37. The van der Waals surface area contributed by atoms with E-state index < -0.39 is 0 Å². The minimum atomic E-state index is 0.199. The number of nitrogens with one attached hydrogen (secondary N) is 1. The van der Waals surface area contributed by atoms with Crippen molar-refractivity contribution in [1.29, 1.82) is 0 Å². The molecule has 2 rings (SSSR count). The van der Waals surface area contributed by atoms with Crippen LogP contribution in [0, 0.1) is 13.8 Å². The molecule has 0 aromatic carbocycles. The summed E-state index contributed by atoms with van der Waals surface area (Å²) < 4.78 is 0. The standard InChI is InChI=1S/C16H27N3OS/c1-12(17-11-15-18-13(2)14(3)21-15)10-16(20)19-8-6-4-5-7-9-19/h12,17H,4-11H2,1-3H3/t12-/m0/s1. The van der Waals surface area contributed by atoms with E-state index in [4.69, 9.17) is 0 Å². The minimum Gasteiger partial charge on any atom is -0.343 e. The maximum absolute atomic E-state index is 12.3. The van der Waals surface area contributed by atoms with E-state index in [0.29, 0.717) is 12.3 Å². The molecule has 1 aliphatic heterocycles. The van der Waals surface area contributed by atoms with Gasteiger partial charge < -0.3 is 10.2 Å². The van der Waals surface area contributed by atoms with Crippen molar-refractivity contribution < 1.29 is 4.79 Å². The molecule has 0 aliphatic carbocycles. The lowest BCUT2D eigenvalue weighted by atomic mass is 10.2. The summed E-state index contributed by atoms with van der Waals surface area (Å²) in [6.07, 6.45) is 5.43. The number of rotatable bonds is 5. The summed E-state index contributed by atoms with van der Waals surface area (Å²) in [7, 11) is 0. The molecule has 0 saturated carbocycles. The summed E-state index contributed by atoms with van der Waals surface area (Å²) in [5.41, 5.74) is 1.12. The van der Waals surface area contributed by atoms with Gasteiger partial charge >= 0.3 is 0 Å². The number of aryl methyl sites for hydroxylation is 2. The molecule has 4 nitrogen and oxygen atoms in total. The molecule has 2 heterocycles. The number of amides is 1. The zero-order valence-corrected chi connectivity index (χ0v) is 14.3. The molecule has 1 aromatic rings. The van der Waals surface area contributed by atoms with E-state index in [9.17, 15) is 4.79 Å². The molecular weight excluding hydrogens is 282 g/mol. The van der Waals surface area contributed by atoms with E-state index in [0.717, 1.165) is 43.2 Å². The molecule has 5 heteroatoms. The smallest absolute Gasteiger partial charge is 0.224 e. The van der Waals surface area contributed by atoms with E-state index in [-0.39, 0.29) is 6.04 Å². The predicted octanol–water partition coefficient (Wildman–Crippen LogP) is 3.03. The van der Waals surface area contributed by atoms with Crippen LogP contribution < -0.4 is 5.32 Å². The highest BCUT2D eigenvalue weighted by molar-refractivity contribution is 7.11. The van der Waals surface area contributed by atoms with Gasteiger partial charge in [0.2, 0.25) is 5.91 Å². The van der Waals surface area contributed by atoms with Crippen molar-refractivity contribution in [3.8, 4) is 0 Å². The molecule has 1 atom stereocenters. The minimum absolute atomic E-state index is 0.199. The van der Waals surface area contributed by atoms with Gasteiger partial charge in [0.15, 0.2) is 0 Å². The Labute approximate surface area is 132 Å². The summed E-state index contributed by atoms with van der Waals surface area (Å²) in [4.78, 5) is 20.2. The Morgan fingerprint density at radius 3 is 2.52 bits per heavy atom. The Morgan fingerprint density at radius 2 is 1.95 bits per heavy atom. The molecule has 1 fully saturated rings. The van der Waals surface area contributed by atoms with E-state index in [2.05, 4.69) is 24.1 Å². The fraction of sp³-hybridized carbons (Fsp3) is 0.750. The zero-order valence-electron chi connectivity index (χ0n) is 13.4. The van der Waals surface area contributed by atoms with E-state index in [1.54, 1.807) is 11.3 Å². The highest BCUT2D eigenvalue weighted by Gasteiger charge is 2.18. The predicted molar refractivity (Wildman–Crippen MR) is 87.6 cm³/mol. The molecule has 1 N–H and O–H groups in total. The highest BCUT2D eigenvalue weighted by Crippen LogP contribution is 2.16. The van der Waals surface area contributed by atoms with Crippen molar-refractivity contribution in [2.45, 2.75) is 65.5 Å². The summed E-state index contributed by atoms with van der Waals surface area (Å²) in [6.45, 7) is 8.87. The van der Waals surface area contributed by atoms with Crippen molar-refractivity contribution in [1.82, 2.24) is 15.2 Å². The second kappa shape index (κ2) is 7.90. The van der Waals surface area contributed by atoms with Gasteiger partial charge in [0.25, 0.3) is 0 Å². The fourth-order valence-electron chi connectivity index (χ4n) is 2.66. The van der Waals surface area contributed by atoms with Gasteiger partial charge in [0.1, 0.15) is 5.01 Å². The van der Waals surface area contributed by atoms with Crippen LogP contribution in [0.25, 0.3) is 0 Å². The van der Waals surface area contributed by atoms with Gasteiger partial charge in [0.05, 0.1) is 5.69 Å². The Hall–Kier alpha value is -0.940. The van der Waals surface area contributed by atoms with Gasteiger partial charge in [-0.15, -0.1) is 11.3 Å². The Morgan fingerprint density at radius 1 is 1.29 bits per heavy atom. The van der Waals surface area contributed by atoms with Crippen LogP contribution in [-0.4, -0.2) is 34.9 Å². The number of carbonyl (C=O) groups excluding carboxylic acids is 1. The molecule has 1 saturated heterocycles. The van der Waals surface area contributed by atoms with Crippen molar-refractivity contribution in [2.24, 2.45) is 0 Å². The normalized spacial score (nSPS) is 17.6. The monoisotopic (exact) mass is 309 g/mol. The van der Waals surface area contributed by atoms with E-state index in [1.165, 1.54) is 17.7 Å². The molecule has 0 unspecified atom stereocenters. The first-order valence-electron chi connectivity index (χ1n) is 8.00. The molecule has 1 aliphatic rings. The van der Waals surface area contributed by atoms with Gasteiger partial charge in [-0.3, -0.25) is 4.79 Å². The van der Waals surface area contributed by atoms with Gasteiger partial charge in [-0.2, -0.15) is 0 Å². The third-order valence-corrected chi connectivity index (χ3v) is 5.19. The second-order valence-electron chi connectivity index (χ2n) is 6.03. The summed E-state index contributed by atoms with van der Waals surface area (Å²) in [6, 6.07) is 0.199. The number of hydrogen-bond acceptors (Lipinski definition) is 4. The van der Waals surface area contributed by atoms with Crippen LogP contribution in [0.1, 0.15) is 54.6 Å². The Bertz CT molecular complexity index is 445. The lowest BCUT2D eigenvalue weighted by molar-refractivity contribution is -0.131. The topological polar surface area (TPSA) is 45.2 Å². The third-order valence-electron chi connectivity index (χ3n) is 4.11. The van der Waals surface area contributed by atoms with Crippen LogP contribution in [0.5, 0.6) is 0 Å². The summed E-state index contributed by atoms with van der Waals surface area (Å²) in [5.74, 6) is 0.295. The number of likely N-dealkylation sites (tertiary alicyclic amines) is 1. The first kappa shape index (κ1) is 16.4. The van der Waals surface area contributed by atoms with E-state index >= 15 is 0 Å². The molecule has 1 amide bonds. The Kier molecular flexibility index (Phi) is 6.18. The molecule has 0 spiro atoms. The first-order valence-corrected chi connectivity index (χ1v) is 8.82. The SMILES string of the molecule is Cc1nc(CN[C@@H](C)CC(=O)N2CCCCCC2)sc1C. The lowest BCUT2D eigenvalue weighted by Gasteiger charge is -2.22. The quantitative estimate of drug-likeness (QED) is 0.909. The van der Waals surface area contributed by atoms with E-state index in [1.807, 2.05) is 11.8 Å².